The van der Waals surface area contributed by atoms with Gasteiger partial charge in [0.25, 0.3) is 0 Å². The van der Waals surface area contributed by atoms with Gasteiger partial charge < -0.3 is 14.4 Å². The maximum Gasteiger partial charge on any atom is 0.307 e. The Bertz CT molecular complexity index is 295. The van der Waals surface area contributed by atoms with Crippen LogP contribution in [0, 0.1) is 0 Å². The van der Waals surface area contributed by atoms with Crippen LogP contribution in [0.1, 0.15) is 27.2 Å². The molecule has 0 fully saturated rings. The number of carbonyl (C=O) groups is 2. The molecule has 0 spiro atoms. The molecule has 0 heterocycles. The van der Waals surface area contributed by atoms with E-state index in [1.54, 1.807) is 25.0 Å². The molecule has 0 N–H and O–H groups in total. The van der Waals surface area contributed by atoms with E-state index in [0.717, 1.165) is 5.57 Å². The van der Waals surface area contributed by atoms with Crippen LogP contribution in [0.25, 0.3) is 0 Å². The minimum atomic E-state index is -0.287. The molecule has 0 bridgehead atoms. The molecule has 0 radical (unpaired) electrons. The van der Waals surface area contributed by atoms with Crippen LogP contribution in [0.5, 0.6) is 0 Å². The second-order valence-electron chi connectivity index (χ2n) is 4.09. The standard InChI is InChI=1S/C13H23NO4/c1-5-18-13(16)6-7-14(8-9-17-4)12(15)10-11(2)3/h10H,5-9H2,1-4H3. The number of hydrogen-bond acceptors (Lipinski definition) is 4. The summed E-state index contributed by atoms with van der Waals surface area (Å²) in [5, 5.41) is 0. The monoisotopic (exact) mass is 257 g/mol. The van der Waals surface area contributed by atoms with Crippen LogP contribution in [-0.4, -0.2) is 50.2 Å². The SMILES string of the molecule is CCOC(=O)CCN(CCOC)C(=O)C=C(C)C. The third-order valence-corrected chi connectivity index (χ3v) is 2.18. The largest absolute Gasteiger partial charge is 0.466 e. The van der Waals surface area contributed by atoms with Crippen molar-refractivity contribution in [1.82, 2.24) is 4.90 Å². The molecule has 104 valence electrons. The maximum atomic E-state index is 11.9. The molecule has 5 heteroatoms. The Morgan fingerprint density at radius 3 is 2.39 bits per heavy atom. The van der Waals surface area contributed by atoms with E-state index in [2.05, 4.69) is 0 Å². The summed E-state index contributed by atoms with van der Waals surface area (Å²) in [6.07, 6.45) is 1.76. The molecule has 0 aliphatic heterocycles. The van der Waals surface area contributed by atoms with Gasteiger partial charge in [-0.05, 0) is 20.8 Å². The molecule has 0 rings (SSSR count). The van der Waals surface area contributed by atoms with Gasteiger partial charge in [-0.3, -0.25) is 9.59 Å². The lowest BCUT2D eigenvalue weighted by molar-refractivity contribution is -0.143. The average molecular weight is 257 g/mol. The zero-order valence-corrected chi connectivity index (χ0v) is 11.7. The molecule has 0 aromatic rings. The number of rotatable bonds is 8. The van der Waals surface area contributed by atoms with Crippen molar-refractivity contribution >= 4 is 11.9 Å². The number of allylic oxidation sites excluding steroid dienone is 1. The zero-order valence-electron chi connectivity index (χ0n) is 11.7. The molecule has 0 aliphatic carbocycles. The Kier molecular flexibility index (Phi) is 8.92. The highest BCUT2D eigenvalue weighted by Crippen LogP contribution is 1.99. The van der Waals surface area contributed by atoms with Gasteiger partial charge in [0.05, 0.1) is 19.6 Å². The first-order chi connectivity index (χ1) is 8.51. The van der Waals surface area contributed by atoms with Crippen molar-refractivity contribution in [3.05, 3.63) is 11.6 Å². The summed E-state index contributed by atoms with van der Waals surface area (Å²) < 4.78 is 9.79. The van der Waals surface area contributed by atoms with Crippen LogP contribution in [-0.2, 0) is 19.1 Å². The lowest BCUT2D eigenvalue weighted by Gasteiger charge is -2.20. The molecule has 0 aliphatic rings. The van der Waals surface area contributed by atoms with Gasteiger partial charge in [-0.15, -0.1) is 0 Å². The van der Waals surface area contributed by atoms with Crippen molar-refractivity contribution in [2.75, 3.05) is 33.4 Å². The highest BCUT2D eigenvalue weighted by atomic mass is 16.5. The van der Waals surface area contributed by atoms with Gasteiger partial charge in [0.1, 0.15) is 0 Å². The second-order valence-corrected chi connectivity index (χ2v) is 4.09. The highest BCUT2D eigenvalue weighted by Gasteiger charge is 2.13. The van der Waals surface area contributed by atoms with Crippen molar-refractivity contribution in [1.29, 1.82) is 0 Å². The van der Waals surface area contributed by atoms with Crippen LogP contribution in [0.4, 0.5) is 0 Å². The van der Waals surface area contributed by atoms with Crippen molar-refractivity contribution in [3.8, 4) is 0 Å². The lowest BCUT2D eigenvalue weighted by Crippen LogP contribution is -2.34. The van der Waals surface area contributed by atoms with Crippen LogP contribution < -0.4 is 0 Å². The first kappa shape index (κ1) is 16.6. The molecule has 0 unspecified atom stereocenters. The summed E-state index contributed by atoms with van der Waals surface area (Å²) in [5.41, 5.74) is 0.929. The predicted octanol–water partition coefficient (Wildman–Crippen LogP) is 1.38. The average Bonchev–Trinajstić information content (AvgIpc) is 2.28. The first-order valence-electron chi connectivity index (χ1n) is 6.09. The van der Waals surface area contributed by atoms with Gasteiger partial charge in [-0.1, -0.05) is 5.57 Å². The number of ether oxygens (including phenoxy) is 2. The van der Waals surface area contributed by atoms with Crippen LogP contribution in [0.2, 0.25) is 0 Å². The second kappa shape index (κ2) is 9.65. The van der Waals surface area contributed by atoms with Crippen molar-refractivity contribution in [2.24, 2.45) is 0 Å². The molecule has 0 aromatic heterocycles. The van der Waals surface area contributed by atoms with E-state index in [4.69, 9.17) is 9.47 Å². The van der Waals surface area contributed by atoms with Crippen molar-refractivity contribution < 1.29 is 19.1 Å². The summed E-state index contributed by atoms with van der Waals surface area (Å²) in [7, 11) is 1.58. The number of nitrogens with zero attached hydrogens (tertiary/aromatic N) is 1. The van der Waals surface area contributed by atoms with E-state index in [1.807, 2.05) is 13.8 Å². The fourth-order valence-electron chi connectivity index (χ4n) is 1.33. The first-order valence-corrected chi connectivity index (χ1v) is 6.09. The third kappa shape index (κ3) is 7.84. The van der Waals surface area contributed by atoms with E-state index in [9.17, 15) is 9.59 Å². The van der Waals surface area contributed by atoms with Crippen molar-refractivity contribution in [3.63, 3.8) is 0 Å². The molecule has 1 amide bonds. The molecule has 0 atom stereocenters. The minimum absolute atomic E-state index is 0.101. The molecule has 0 aromatic carbocycles. The molecule has 0 saturated carbocycles. The number of hydrogen-bond donors (Lipinski definition) is 0. The highest BCUT2D eigenvalue weighted by molar-refractivity contribution is 5.88. The molecular weight excluding hydrogens is 234 g/mol. The summed E-state index contributed by atoms with van der Waals surface area (Å²) in [6.45, 7) is 7.11. The topological polar surface area (TPSA) is 55.8 Å². The summed E-state index contributed by atoms with van der Waals surface area (Å²) in [5.74, 6) is -0.388. The fourth-order valence-corrected chi connectivity index (χ4v) is 1.33. The maximum absolute atomic E-state index is 11.9. The predicted molar refractivity (Wildman–Crippen MR) is 69.1 cm³/mol. The molecule has 0 saturated heterocycles. The zero-order chi connectivity index (χ0) is 14.0. The van der Waals surface area contributed by atoms with Gasteiger partial charge in [-0.2, -0.15) is 0 Å². The Balaban J connectivity index is 4.35. The van der Waals surface area contributed by atoms with Crippen molar-refractivity contribution in [2.45, 2.75) is 27.2 Å². The molecule has 5 nitrogen and oxygen atoms in total. The fraction of sp³-hybridized carbons (Fsp3) is 0.692. The van der Waals surface area contributed by atoms with E-state index in [0.29, 0.717) is 26.3 Å². The Labute approximate surface area is 109 Å². The summed E-state index contributed by atoms with van der Waals surface area (Å²) in [6, 6.07) is 0. The Morgan fingerprint density at radius 2 is 1.89 bits per heavy atom. The lowest BCUT2D eigenvalue weighted by atomic mass is 10.3. The number of amides is 1. The summed E-state index contributed by atoms with van der Waals surface area (Å²) in [4.78, 5) is 24.7. The van der Waals surface area contributed by atoms with Gasteiger partial charge in [0.15, 0.2) is 0 Å². The van der Waals surface area contributed by atoms with E-state index < -0.39 is 0 Å². The molecule has 18 heavy (non-hydrogen) atoms. The van der Waals surface area contributed by atoms with Crippen LogP contribution in [0.15, 0.2) is 11.6 Å². The van der Waals surface area contributed by atoms with Crippen LogP contribution >= 0.6 is 0 Å². The normalized spacial score (nSPS) is 9.78. The van der Waals surface area contributed by atoms with Gasteiger partial charge in [0, 0.05) is 26.3 Å². The Hall–Kier alpha value is -1.36. The quantitative estimate of drug-likeness (QED) is 0.487. The van der Waals surface area contributed by atoms with Gasteiger partial charge >= 0.3 is 5.97 Å². The number of esters is 1. The molecular formula is C13H23NO4. The van der Waals surface area contributed by atoms with E-state index >= 15 is 0 Å². The third-order valence-electron chi connectivity index (χ3n) is 2.18. The number of carbonyl (C=O) groups excluding carboxylic acids is 2. The summed E-state index contributed by atoms with van der Waals surface area (Å²) >= 11 is 0. The van der Waals surface area contributed by atoms with Gasteiger partial charge in [-0.25, -0.2) is 0 Å². The Morgan fingerprint density at radius 1 is 1.22 bits per heavy atom. The number of methoxy groups -OCH3 is 1. The van der Waals surface area contributed by atoms with E-state index in [1.165, 1.54) is 0 Å². The van der Waals surface area contributed by atoms with Crippen LogP contribution in [0.3, 0.4) is 0 Å². The van der Waals surface area contributed by atoms with Gasteiger partial charge in [0.2, 0.25) is 5.91 Å². The minimum Gasteiger partial charge on any atom is -0.466 e. The smallest absolute Gasteiger partial charge is 0.307 e. The van der Waals surface area contributed by atoms with E-state index in [-0.39, 0.29) is 18.3 Å².